The van der Waals surface area contributed by atoms with Gasteiger partial charge in [0.25, 0.3) is 0 Å². The smallest absolute Gasteiger partial charge is 0.120 e. The first-order valence-corrected chi connectivity index (χ1v) is 13.5. The zero-order chi connectivity index (χ0) is 25.1. The summed E-state index contributed by atoms with van der Waals surface area (Å²) in [6, 6.07) is 15.4. The Balaban J connectivity index is 1.37. The highest BCUT2D eigenvalue weighted by Crippen LogP contribution is 2.47. The molecule has 36 heavy (non-hydrogen) atoms. The van der Waals surface area contributed by atoms with E-state index in [0.29, 0.717) is 24.4 Å². The summed E-state index contributed by atoms with van der Waals surface area (Å²) in [4.78, 5) is 0. The van der Waals surface area contributed by atoms with Crippen LogP contribution < -0.4 is 9.47 Å². The van der Waals surface area contributed by atoms with Crippen molar-refractivity contribution in [2.75, 3.05) is 13.2 Å². The number of allylic oxidation sites excluding steroid dienone is 4. The highest BCUT2D eigenvalue weighted by atomic mass is 16.5. The molecule has 0 bridgehead atoms. The minimum Gasteiger partial charge on any atom is -0.491 e. The van der Waals surface area contributed by atoms with Crippen LogP contribution in [0.5, 0.6) is 11.5 Å². The maximum absolute atomic E-state index is 9.29. The molecule has 2 aromatic carbocycles. The van der Waals surface area contributed by atoms with Crippen molar-refractivity contribution in [3.63, 3.8) is 0 Å². The molecule has 0 spiro atoms. The van der Waals surface area contributed by atoms with Gasteiger partial charge in [0, 0.05) is 5.92 Å². The second-order valence-electron chi connectivity index (χ2n) is 11.5. The first kappa shape index (κ1) is 25.1. The third-order valence-electron chi connectivity index (χ3n) is 7.69. The number of hydrogen-bond acceptors (Lipinski definition) is 4. The third kappa shape index (κ3) is 5.87. The number of benzene rings is 2. The van der Waals surface area contributed by atoms with Gasteiger partial charge in [0.2, 0.25) is 0 Å². The fourth-order valence-electron chi connectivity index (χ4n) is 6.04. The van der Waals surface area contributed by atoms with Crippen LogP contribution in [0.3, 0.4) is 0 Å². The molecule has 0 radical (unpaired) electrons. The Bertz CT molecular complexity index is 1080. The Morgan fingerprint density at radius 2 is 1.72 bits per heavy atom. The van der Waals surface area contributed by atoms with Crippen molar-refractivity contribution in [3.8, 4) is 11.5 Å². The van der Waals surface area contributed by atoms with Crippen LogP contribution in [0.15, 0.2) is 66.8 Å². The molecule has 2 aromatic rings. The first-order chi connectivity index (χ1) is 17.4. The van der Waals surface area contributed by atoms with E-state index < -0.39 is 0 Å². The van der Waals surface area contributed by atoms with E-state index in [0.717, 1.165) is 37.2 Å². The van der Waals surface area contributed by atoms with Gasteiger partial charge in [-0.25, -0.2) is 0 Å². The highest BCUT2D eigenvalue weighted by Gasteiger charge is 2.35. The van der Waals surface area contributed by atoms with Gasteiger partial charge in [-0.15, -0.1) is 0 Å². The van der Waals surface area contributed by atoms with Crippen LogP contribution >= 0.6 is 0 Å². The molecule has 1 unspecified atom stereocenters. The van der Waals surface area contributed by atoms with Gasteiger partial charge in [0.05, 0.1) is 18.8 Å². The largest absolute Gasteiger partial charge is 0.491 e. The molecule has 192 valence electrons. The Morgan fingerprint density at radius 3 is 2.42 bits per heavy atom. The van der Waals surface area contributed by atoms with Crippen molar-refractivity contribution in [1.82, 2.24) is 0 Å². The second kappa shape index (κ2) is 10.8. The Hall–Kier alpha value is -2.56. The Kier molecular flexibility index (Phi) is 7.55. The van der Waals surface area contributed by atoms with E-state index in [-0.39, 0.29) is 24.4 Å². The average molecular weight is 489 g/mol. The lowest BCUT2D eigenvalue weighted by Gasteiger charge is -2.38. The van der Waals surface area contributed by atoms with Crippen LogP contribution in [-0.2, 0) is 11.2 Å². The molecule has 3 aliphatic rings. The van der Waals surface area contributed by atoms with Gasteiger partial charge in [-0.3, -0.25) is 0 Å². The van der Waals surface area contributed by atoms with Crippen molar-refractivity contribution in [2.45, 2.75) is 76.6 Å². The van der Waals surface area contributed by atoms with Crippen molar-refractivity contribution in [3.05, 3.63) is 83.5 Å². The molecule has 5 rings (SSSR count). The van der Waals surface area contributed by atoms with E-state index in [1.807, 2.05) is 0 Å². The number of aliphatic hydroxyl groups excluding tert-OH is 1. The molecule has 0 saturated carbocycles. The molecule has 4 heteroatoms. The number of fused-ring (bicyclic) bond motifs is 1. The van der Waals surface area contributed by atoms with E-state index in [9.17, 15) is 5.11 Å². The molecular weight excluding hydrogens is 448 g/mol. The van der Waals surface area contributed by atoms with Crippen LogP contribution in [-0.4, -0.2) is 36.1 Å². The topological polar surface area (TPSA) is 47.9 Å². The predicted molar refractivity (Wildman–Crippen MR) is 144 cm³/mol. The number of ether oxygens (including phenoxy) is 3. The van der Waals surface area contributed by atoms with Gasteiger partial charge in [0.15, 0.2) is 0 Å². The molecule has 1 aliphatic heterocycles. The number of rotatable bonds is 7. The molecule has 4 nitrogen and oxygen atoms in total. The molecule has 1 fully saturated rings. The quantitative estimate of drug-likeness (QED) is 0.476. The lowest BCUT2D eigenvalue weighted by atomic mass is 9.66. The molecular formula is C32H40O4. The average Bonchev–Trinajstić information content (AvgIpc) is 3.35. The fraction of sp³-hybridized carbons (Fsp3) is 0.500. The van der Waals surface area contributed by atoms with E-state index >= 15 is 0 Å². The third-order valence-corrected chi connectivity index (χ3v) is 7.69. The zero-order valence-electron chi connectivity index (χ0n) is 21.9. The van der Waals surface area contributed by atoms with Gasteiger partial charge in [0.1, 0.15) is 23.7 Å². The van der Waals surface area contributed by atoms with Crippen LogP contribution in [0.25, 0.3) is 0 Å². The second-order valence-corrected chi connectivity index (χ2v) is 11.5. The number of aryl methyl sites for hydroxylation is 1. The van der Waals surface area contributed by atoms with Crippen molar-refractivity contribution in [1.29, 1.82) is 0 Å². The monoisotopic (exact) mass is 488 g/mol. The van der Waals surface area contributed by atoms with Gasteiger partial charge >= 0.3 is 0 Å². The number of hydrogen-bond donors (Lipinski definition) is 1. The van der Waals surface area contributed by atoms with Gasteiger partial charge in [-0.05, 0) is 106 Å². The van der Waals surface area contributed by atoms with E-state index in [2.05, 4.69) is 87.5 Å². The van der Waals surface area contributed by atoms with Gasteiger partial charge in [-0.2, -0.15) is 0 Å². The summed E-state index contributed by atoms with van der Waals surface area (Å²) in [6.45, 7) is 6.91. The van der Waals surface area contributed by atoms with Crippen molar-refractivity contribution in [2.24, 2.45) is 11.8 Å². The summed E-state index contributed by atoms with van der Waals surface area (Å²) in [6.07, 6.45) is 14.3. The molecule has 0 amide bonds. The molecule has 1 N–H and O–H groups in total. The van der Waals surface area contributed by atoms with E-state index in [1.165, 1.54) is 23.1 Å². The zero-order valence-corrected chi connectivity index (χ0v) is 21.9. The Labute approximate surface area is 216 Å². The standard InChI is InChI=1S/C32H40O4/c1-32(2,3)36-26-16-18-30-24(19-26)11-17-29(22-7-5-4-6-8-22)31(30)23-9-12-25(13-10-23)34-21-28-15-14-27(20-33)35-28/h4-7,9-10,12-13,16,18-19,22,27-29,31,33H,8,11,14-15,17,20-21H2,1-3H3/t22?,27-,28-,29+,31-/m0/s1. The van der Waals surface area contributed by atoms with Gasteiger partial charge < -0.3 is 19.3 Å². The fourth-order valence-corrected chi connectivity index (χ4v) is 6.04. The minimum absolute atomic E-state index is 0.0396. The van der Waals surface area contributed by atoms with Crippen molar-refractivity contribution < 1.29 is 19.3 Å². The van der Waals surface area contributed by atoms with Crippen LogP contribution in [0, 0.1) is 11.8 Å². The van der Waals surface area contributed by atoms with Gasteiger partial charge in [-0.1, -0.05) is 42.5 Å². The van der Waals surface area contributed by atoms with Crippen LogP contribution in [0.2, 0.25) is 0 Å². The highest BCUT2D eigenvalue weighted by molar-refractivity contribution is 5.46. The van der Waals surface area contributed by atoms with E-state index in [4.69, 9.17) is 14.2 Å². The summed E-state index contributed by atoms with van der Waals surface area (Å²) < 4.78 is 18.1. The lowest BCUT2D eigenvalue weighted by Crippen LogP contribution is -2.28. The summed E-state index contributed by atoms with van der Waals surface area (Å²) in [7, 11) is 0. The summed E-state index contributed by atoms with van der Waals surface area (Å²) in [5, 5.41) is 9.29. The molecule has 1 heterocycles. The lowest BCUT2D eigenvalue weighted by molar-refractivity contribution is -0.00722. The number of aliphatic hydroxyl groups is 1. The molecule has 5 atom stereocenters. The van der Waals surface area contributed by atoms with Crippen molar-refractivity contribution >= 4 is 0 Å². The summed E-state index contributed by atoms with van der Waals surface area (Å²) >= 11 is 0. The molecule has 2 aliphatic carbocycles. The van der Waals surface area contributed by atoms with E-state index in [1.54, 1.807) is 0 Å². The normalized spacial score (nSPS) is 27.6. The maximum Gasteiger partial charge on any atom is 0.120 e. The Morgan fingerprint density at radius 1 is 0.944 bits per heavy atom. The minimum atomic E-state index is -0.206. The van der Waals surface area contributed by atoms with Crippen LogP contribution in [0.4, 0.5) is 0 Å². The molecule has 1 saturated heterocycles. The maximum atomic E-state index is 9.29. The molecule has 0 aromatic heterocycles. The summed E-state index contributed by atoms with van der Waals surface area (Å²) in [5.41, 5.74) is 3.98. The van der Waals surface area contributed by atoms with Crippen LogP contribution in [0.1, 0.15) is 69.1 Å². The first-order valence-electron chi connectivity index (χ1n) is 13.5. The predicted octanol–water partition coefficient (Wildman–Crippen LogP) is 6.61. The SMILES string of the molecule is CC(C)(C)Oc1ccc2c(c1)CC[C@H](C1C=CC=CC1)[C@@H]2c1ccc(OC[C@@H]2CC[C@@H](CO)O2)cc1. The summed E-state index contributed by atoms with van der Waals surface area (Å²) in [5.74, 6) is 3.28.